The van der Waals surface area contributed by atoms with E-state index in [-0.39, 0.29) is 52.3 Å². The summed E-state index contributed by atoms with van der Waals surface area (Å²) < 4.78 is 0.782. The fourth-order valence-electron chi connectivity index (χ4n) is 4.44. The van der Waals surface area contributed by atoms with Crippen molar-refractivity contribution in [2.75, 3.05) is 65.3 Å². The molecule has 40 heavy (non-hydrogen) atoms. The third-order valence-corrected chi connectivity index (χ3v) is 7.21. The number of piperidine rings is 1. The van der Waals surface area contributed by atoms with Gasteiger partial charge < -0.3 is 49.6 Å². The van der Waals surface area contributed by atoms with Crippen LogP contribution in [0.25, 0.3) is 0 Å². The van der Waals surface area contributed by atoms with E-state index in [9.17, 15) is 9.59 Å². The molecule has 3 rings (SSSR count). The van der Waals surface area contributed by atoms with Gasteiger partial charge in [0.1, 0.15) is 0 Å². The average molecular weight is 596 g/mol. The highest BCUT2D eigenvalue weighted by Crippen LogP contribution is 2.36. The topological polar surface area (TPSA) is 178 Å². The number of anilines is 2. The third-order valence-electron chi connectivity index (χ3n) is 6.93. The van der Waals surface area contributed by atoms with Crippen molar-refractivity contribution in [3.63, 3.8) is 0 Å². The van der Waals surface area contributed by atoms with Crippen molar-refractivity contribution < 1.29 is 26.5 Å². The van der Waals surface area contributed by atoms with Crippen LogP contribution in [0.1, 0.15) is 35.3 Å². The molecular weight excluding hydrogens is 555 g/mol. The van der Waals surface area contributed by atoms with Crippen LogP contribution in [0, 0.1) is 5.41 Å². The molecule has 1 aliphatic rings. The first-order valence-electron chi connectivity index (χ1n) is 13.0. The maximum absolute atomic E-state index is 12.7. The monoisotopic (exact) mass is 594 g/mol. The number of aromatic nitrogens is 2. The van der Waals surface area contributed by atoms with Crippen molar-refractivity contribution in [3.8, 4) is 0 Å². The molecule has 0 aliphatic carbocycles. The Morgan fingerprint density at radius 3 is 2.35 bits per heavy atom. The minimum absolute atomic E-state index is 0. The molecule has 3 amide bonds. The molecule has 14 heteroatoms. The Hall–Kier alpha value is -3.35. The molecule has 1 aromatic carbocycles. The maximum Gasteiger partial charge on any atom is 0.317 e. The quantitative estimate of drug-likeness (QED) is 0.132. The molecule has 0 radical (unpaired) electrons. The Morgan fingerprint density at radius 1 is 1.07 bits per heavy atom. The highest BCUT2D eigenvalue weighted by Gasteiger charge is 2.36. The van der Waals surface area contributed by atoms with Crippen LogP contribution in [-0.4, -0.2) is 91.1 Å². The van der Waals surface area contributed by atoms with Crippen molar-refractivity contribution in [3.05, 3.63) is 46.7 Å². The second-order valence-electron chi connectivity index (χ2n) is 11.0. The second-order valence-corrected chi connectivity index (χ2v) is 11.4. The van der Waals surface area contributed by atoms with Crippen molar-refractivity contribution in [2.45, 2.75) is 25.7 Å². The number of aliphatic imine (C=N–C) groups is 1. The van der Waals surface area contributed by atoms with E-state index >= 15 is 0 Å². The van der Waals surface area contributed by atoms with Crippen LogP contribution in [-0.2, 0) is 6.42 Å². The zero-order valence-corrected chi connectivity index (χ0v) is 24.8. The highest BCUT2D eigenvalue weighted by atomic mass is 35.5. The van der Waals surface area contributed by atoms with E-state index in [0.717, 1.165) is 36.7 Å². The van der Waals surface area contributed by atoms with Gasteiger partial charge in [0.05, 0.1) is 34.2 Å². The van der Waals surface area contributed by atoms with Crippen LogP contribution in [0.4, 0.5) is 16.4 Å². The second kappa shape index (κ2) is 14.3. The predicted molar refractivity (Wildman–Crippen MR) is 154 cm³/mol. The summed E-state index contributed by atoms with van der Waals surface area (Å²) in [5.74, 6) is -1.08. The van der Waals surface area contributed by atoms with Gasteiger partial charge in [-0.25, -0.2) is 14.8 Å². The number of hydrogen-bond donors (Lipinski definition) is 5. The van der Waals surface area contributed by atoms with E-state index in [2.05, 4.69) is 58.9 Å². The SMILES string of the molecule is C[N+](C)(C)CCNC(=O)N1CCC(CCc2ccccc2)(CNC(N)=NC(=O)c2nc(Cl)c(N)nc2N)CC1.[Cl-]. The van der Waals surface area contributed by atoms with Crippen molar-refractivity contribution in [1.82, 2.24) is 25.5 Å². The smallest absolute Gasteiger partial charge is 0.317 e. The van der Waals surface area contributed by atoms with Gasteiger partial charge in [-0.1, -0.05) is 41.9 Å². The number of rotatable bonds is 9. The Labute approximate surface area is 246 Å². The van der Waals surface area contributed by atoms with Gasteiger partial charge in [0.25, 0.3) is 0 Å². The first kappa shape index (κ1) is 32.9. The summed E-state index contributed by atoms with van der Waals surface area (Å²) in [6.45, 7) is 3.21. The molecule has 8 N–H and O–H groups in total. The van der Waals surface area contributed by atoms with E-state index in [4.69, 9.17) is 28.8 Å². The van der Waals surface area contributed by atoms with Gasteiger partial charge in [-0.15, -0.1) is 0 Å². The van der Waals surface area contributed by atoms with E-state index < -0.39 is 5.91 Å². The predicted octanol–water partition coefficient (Wildman–Crippen LogP) is -1.53. The summed E-state index contributed by atoms with van der Waals surface area (Å²) in [4.78, 5) is 38.8. The van der Waals surface area contributed by atoms with Crippen molar-refractivity contribution >= 4 is 41.1 Å². The Balaban J connectivity index is 0.00000560. The molecule has 0 saturated carbocycles. The number of likely N-dealkylation sites (N-methyl/N-ethyl adjacent to an activating group) is 1. The summed E-state index contributed by atoms with van der Waals surface area (Å²) >= 11 is 5.88. The average Bonchev–Trinajstić information content (AvgIpc) is 2.88. The van der Waals surface area contributed by atoms with Gasteiger partial charge in [-0.2, -0.15) is 4.99 Å². The number of nitrogens with zero attached hydrogens (tertiary/aromatic N) is 5. The summed E-state index contributed by atoms with van der Waals surface area (Å²) in [5.41, 5.74) is 18.3. The summed E-state index contributed by atoms with van der Waals surface area (Å²) in [7, 11) is 6.28. The normalized spacial score (nSPS) is 15.2. The Morgan fingerprint density at radius 2 is 1.73 bits per heavy atom. The van der Waals surface area contributed by atoms with Crippen LogP contribution in [0.5, 0.6) is 0 Å². The number of nitrogens with one attached hydrogen (secondary N) is 2. The van der Waals surface area contributed by atoms with Crippen LogP contribution in [0.15, 0.2) is 35.3 Å². The molecule has 1 saturated heterocycles. The number of amides is 3. The molecule has 1 aromatic heterocycles. The number of halogens is 2. The Bertz CT molecular complexity index is 1180. The number of carbonyl (C=O) groups excluding carboxylic acids is 2. The number of quaternary nitrogens is 1. The van der Waals surface area contributed by atoms with Gasteiger partial charge in [0, 0.05) is 19.6 Å². The minimum Gasteiger partial charge on any atom is -1.00 e. The fourth-order valence-corrected chi connectivity index (χ4v) is 4.57. The van der Waals surface area contributed by atoms with Crippen LogP contribution < -0.4 is 40.2 Å². The number of guanidine groups is 1. The van der Waals surface area contributed by atoms with Crippen LogP contribution in [0.2, 0.25) is 5.15 Å². The van der Waals surface area contributed by atoms with Crippen LogP contribution >= 0.6 is 11.6 Å². The van der Waals surface area contributed by atoms with Gasteiger partial charge in [-0.3, -0.25) is 4.79 Å². The lowest BCUT2D eigenvalue weighted by atomic mass is 9.74. The Kier molecular flexibility index (Phi) is 11.8. The van der Waals surface area contributed by atoms with Gasteiger partial charge in [0.15, 0.2) is 28.4 Å². The molecule has 0 atom stereocenters. The fraction of sp³-hybridized carbons (Fsp3) is 0.500. The van der Waals surface area contributed by atoms with E-state index in [1.807, 2.05) is 23.1 Å². The largest absolute Gasteiger partial charge is 1.00 e. The molecular formula is C26H40Cl2N10O2. The molecule has 12 nitrogen and oxygen atoms in total. The lowest BCUT2D eigenvalue weighted by Crippen LogP contribution is -3.00. The lowest BCUT2D eigenvalue weighted by Gasteiger charge is -2.42. The summed E-state index contributed by atoms with van der Waals surface area (Å²) in [5, 5.41) is 6.01. The molecule has 2 aromatic rings. The number of nitrogen functional groups attached to an aromatic ring is 2. The van der Waals surface area contributed by atoms with Gasteiger partial charge >= 0.3 is 11.9 Å². The van der Waals surface area contributed by atoms with Crippen LogP contribution in [0.3, 0.4) is 0 Å². The van der Waals surface area contributed by atoms with Crippen molar-refractivity contribution in [1.29, 1.82) is 0 Å². The van der Waals surface area contributed by atoms with Crippen molar-refractivity contribution in [2.24, 2.45) is 16.1 Å². The molecule has 0 spiro atoms. The number of nitrogens with two attached hydrogens (primary N) is 3. The maximum atomic E-state index is 12.7. The molecule has 2 heterocycles. The number of benzene rings is 1. The van der Waals surface area contributed by atoms with E-state index in [1.54, 1.807) is 0 Å². The summed E-state index contributed by atoms with van der Waals surface area (Å²) in [6.07, 6.45) is 3.32. The number of hydrogen-bond acceptors (Lipinski definition) is 6. The lowest BCUT2D eigenvalue weighted by molar-refractivity contribution is -0.869. The number of urea groups is 1. The first-order valence-corrected chi connectivity index (χ1v) is 13.3. The first-order chi connectivity index (χ1) is 18.4. The number of likely N-dealkylation sites (tertiary alicyclic amines) is 1. The van der Waals surface area contributed by atoms with Gasteiger partial charge in [0.2, 0.25) is 0 Å². The standard InChI is InChI=1S/C26H39ClN10O2.ClH/c1-37(2,3)16-13-31-25(39)36-14-11-26(12-15-36,10-9-18-7-5-4-6-8-18)17-32-24(30)35-23(38)19-21(28)34-22(29)20(27)33-19;/h4-8H,9-17H2,1-3H3,(H7-,28,29,30,31,32,34,35,38,39);1H. The highest BCUT2D eigenvalue weighted by molar-refractivity contribution is 6.31. The minimum atomic E-state index is -0.773. The molecule has 1 fully saturated rings. The third kappa shape index (κ3) is 9.68. The number of aryl methyl sites for hydroxylation is 1. The summed E-state index contributed by atoms with van der Waals surface area (Å²) in [6, 6.07) is 10.2. The van der Waals surface area contributed by atoms with Gasteiger partial charge in [-0.05, 0) is 36.7 Å². The zero-order chi connectivity index (χ0) is 28.6. The molecule has 0 bridgehead atoms. The molecule has 0 unspecified atom stereocenters. The van der Waals surface area contributed by atoms with E-state index in [1.165, 1.54) is 5.56 Å². The molecule has 220 valence electrons. The number of carbonyl (C=O) groups is 2. The van der Waals surface area contributed by atoms with E-state index in [0.29, 0.717) is 26.2 Å². The molecule has 1 aliphatic heterocycles. The zero-order valence-electron chi connectivity index (χ0n) is 23.3.